The normalized spacial score (nSPS) is 10.9. The summed E-state index contributed by atoms with van der Waals surface area (Å²) in [5, 5.41) is 0. The number of nitrogens with zero attached hydrogens (tertiary/aromatic N) is 1. The maximum absolute atomic E-state index is 13.0. The lowest BCUT2D eigenvalue weighted by atomic mass is 10.1. The van der Waals surface area contributed by atoms with Crippen molar-refractivity contribution in [3.63, 3.8) is 0 Å². The molecule has 3 nitrogen and oxygen atoms in total. The van der Waals surface area contributed by atoms with Gasteiger partial charge in [-0.2, -0.15) is 0 Å². The number of rotatable bonds is 5. The van der Waals surface area contributed by atoms with Crippen molar-refractivity contribution in [3.05, 3.63) is 59.6 Å². The summed E-state index contributed by atoms with van der Waals surface area (Å²) in [6.07, 6.45) is 3.15. The number of carbonyl (C=O) groups is 1. The molecule has 1 aromatic carbocycles. The first kappa shape index (κ1) is 13.4. The van der Waals surface area contributed by atoms with Crippen LogP contribution in [0.5, 0.6) is 0 Å². The van der Waals surface area contributed by atoms with Crippen LogP contribution in [0.1, 0.15) is 15.9 Å². The Kier molecular flexibility index (Phi) is 4.06. The lowest BCUT2D eigenvalue weighted by Gasteiger charge is -2.14. The standard InChI is InChI=1S/C14H13F2NO2/c1-17(7-10-4-5-19-9-10)8-14(18)11-2-3-12(15)13(16)6-11/h2-6,9H,7-8H2,1H3. The van der Waals surface area contributed by atoms with Gasteiger partial charge in [0, 0.05) is 17.7 Å². The predicted octanol–water partition coefficient (Wildman–Crippen LogP) is 2.87. The van der Waals surface area contributed by atoms with Crippen LogP contribution in [-0.4, -0.2) is 24.3 Å². The summed E-state index contributed by atoms with van der Waals surface area (Å²) in [6, 6.07) is 4.97. The molecule has 1 heterocycles. The Morgan fingerprint density at radius 1 is 1.26 bits per heavy atom. The Bertz CT molecular complexity index is 567. The first-order valence-electron chi connectivity index (χ1n) is 5.74. The maximum atomic E-state index is 13.0. The van der Waals surface area contributed by atoms with E-state index < -0.39 is 11.6 Å². The first-order valence-corrected chi connectivity index (χ1v) is 5.74. The summed E-state index contributed by atoms with van der Waals surface area (Å²) in [5.74, 6) is -2.23. The fraction of sp³-hybridized carbons (Fsp3) is 0.214. The molecule has 0 N–H and O–H groups in total. The van der Waals surface area contributed by atoms with E-state index in [-0.39, 0.29) is 17.9 Å². The van der Waals surface area contributed by atoms with Gasteiger partial charge in [-0.05, 0) is 31.3 Å². The van der Waals surface area contributed by atoms with Crippen LogP contribution in [0.2, 0.25) is 0 Å². The van der Waals surface area contributed by atoms with E-state index >= 15 is 0 Å². The number of ketones is 1. The number of hydrogen-bond donors (Lipinski definition) is 0. The van der Waals surface area contributed by atoms with Gasteiger partial charge >= 0.3 is 0 Å². The van der Waals surface area contributed by atoms with Crippen LogP contribution in [-0.2, 0) is 6.54 Å². The van der Waals surface area contributed by atoms with Crippen LogP contribution < -0.4 is 0 Å². The summed E-state index contributed by atoms with van der Waals surface area (Å²) < 4.78 is 30.7. The van der Waals surface area contributed by atoms with Crippen molar-refractivity contribution in [1.29, 1.82) is 0 Å². The number of furan rings is 1. The molecule has 0 aliphatic rings. The summed E-state index contributed by atoms with van der Waals surface area (Å²) in [6.45, 7) is 0.669. The molecule has 0 bridgehead atoms. The molecular formula is C14H13F2NO2. The summed E-state index contributed by atoms with van der Waals surface area (Å²) in [5.41, 5.74) is 1.11. The number of Topliss-reactive ketones (excluding diaryl/α,β-unsaturated/α-hetero) is 1. The van der Waals surface area contributed by atoms with Crippen molar-refractivity contribution >= 4 is 5.78 Å². The average molecular weight is 265 g/mol. The van der Waals surface area contributed by atoms with E-state index in [0.717, 1.165) is 17.7 Å². The average Bonchev–Trinajstić information content (AvgIpc) is 2.85. The van der Waals surface area contributed by atoms with Crippen LogP contribution in [0.3, 0.4) is 0 Å². The van der Waals surface area contributed by atoms with Crippen molar-refractivity contribution in [2.24, 2.45) is 0 Å². The first-order chi connectivity index (χ1) is 9.06. The number of likely N-dealkylation sites (N-methyl/N-ethyl adjacent to an activating group) is 1. The minimum atomic E-state index is -1.01. The highest BCUT2D eigenvalue weighted by molar-refractivity contribution is 5.97. The molecule has 0 spiro atoms. The fourth-order valence-corrected chi connectivity index (χ4v) is 1.76. The zero-order valence-electron chi connectivity index (χ0n) is 10.4. The minimum Gasteiger partial charge on any atom is -0.472 e. The molecule has 0 saturated heterocycles. The number of halogens is 2. The zero-order valence-corrected chi connectivity index (χ0v) is 10.4. The molecule has 100 valence electrons. The highest BCUT2D eigenvalue weighted by Crippen LogP contribution is 2.10. The molecule has 0 atom stereocenters. The van der Waals surface area contributed by atoms with Gasteiger partial charge in [-0.25, -0.2) is 8.78 Å². The molecule has 0 amide bonds. The van der Waals surface area contributed by atoms with Crippen LogP contribution in [0, 0.1) is 11.6 Å². The zero-order chi connectivity index (χ0) is 13.8. The van der Waals surface area contributed by atoms with Crippen molar-refractivity contribution in [2.75, 3.05) is 13.6 Å². The Balaban J connectivity index is 1.98. The molecule has 0 radical (unpaired) electrons. The Hall–Kier alpha value is -2.01. The molecule has 5 heteroatoms. The summed E-state index contributed by atoms with van der Waals surface area (Å²) >= 11 is 0. The van der Waals surface area contributed by atoms with Crippen LogP contribution in [0.4, 0.5) is 8.78 Å². The fourth-order valence-electron chi connectivity index (χ4n) is 1.76. The van der Waals surface area contributed by atoms with E-state index in [4.69, 9.17) is 4.42 Å². The second-order valence-electron chi connectivity index (χ2n) is 4.36. The summed E-state index contributed by atoms with van der Waals surface area (Å²) in [7, 11) is 1.77. The van der Waals surface area contributed by atoms with E-state index in [1.165, 1.54) is 6.07 Å². The number of benzene rings is 1. The molecule has 0 saturated carbocycles. The SMILES string of the molecule is CN(CC(=O)c1ccc(F)c(F)c1)Cc1ccoc1. The summed E-state index contributed by atoms with van der Waals surface area (Å²) in [4.78, 5) is 13.7. The van der Waals surface area contributed by atoms with Crippen LogP contribution >= 0.6 is 0 Å². The lowest BCUT2D eigenvalue weighted by molar-refractivity contribution is 0.0942. The Morgan fingerprint density at radius 2 is 2.05 bits per heavy atom. The number of carbonyl (C=O) groups excluding carboxylic acids is 1. The second-order valence-corrected chi connectivity index (χ2v) is 4.36. The monoisotopic (exact) mass is 265 g/mol. The van der Waals surface area contributed by atoms with Gasteiger partial charge in [0.25, 0.3) is 0 Å². The lowest BCUT2D eigenvalue weighted by Crippen LogP contribution is -2.25. The molecule has 0 unspecified atom stereocenters. The van der Waals surface area contributed by atoms with Crippen molar-refractivity contribution < 1.29 is 18.0 Å². The van der Waals surface area contributed by atoms with Crippen molar-refractivity contribution in [3.8, 4) is 0 Å². The topological polar surface area (TPSA) is 33.5 Å². The van der Waals surface area contributed by atoms with Gasteiger partial charge in [0.1, 0.15) is 0 Å². The van der Waals surface area contributed by atoms with E-state index in [2.05, 4.69) is 0 Å². The molecule has 2 rings (SSSR count). The van der Waals surface area contributed by atoms with Gasteiger partial charge in [-0.15, -0.1) is 0 Å². The molecule has 0 aliphatic carbocycles. The molecular weight excluding hydrogens is 252 g/mol. The van der Waals surface area contributed by atoms with Gasteiger partial charge < -0.3 is 4.42 Å². The third-order valence-electron chi connectivity index (χ3n) is 2.69. The van der Waals surface area contributed by atoms with E-state index in [0.29, 0.717) is 6.54 Å². The van der Waals surface area contributed by atoms with Gasteiger partial charge in [-0.3, -0.25) is 9.69 Å². The van der Waals surface area contributed by atoms with Gasteiger partial charge in [-0.1, -0.05) is 0 Å². The van der Waals surface area contributed by atoms with E-state index in [9.17, 15) is 13.6 Å². The molecule has 0 fully saturated rings. The second kappa shape index (κ2) is 5.75. The van der Waals surface area contributed by atoms with Gasteiger partial charge in [0.2, 0.25) is 0 Å². The highest BCUT2D eigenvalue weighted by atomic mass is 19.2. The molecule has 1 aromatic heterocycles. The third-order valence-corrected chi connectivity index (χ3v) is 2.69. The molecule has 0 aliphatic heterocycles. The maximum Gasteiger partial charge on any atom is 0.176 e. The Labute approximate surface area is 109 Å². The van der Waals surface area contributed by atoms with E-state index in [1.54, 1.807) is 30.5 Å². The quantitative estimate of drug-likeness (QED) is 0.779. The van der Waals surface area contributed by atoms with Gasteiger partial charge in [0.05, 0.1) is 19.1 Å². The molecule has 19 heavy (non-hydrogen) atoms. The predicted molar refractivity (Wildman–Crippen MR) is 65.7 cm³/mol. The van der Waals surface area contributed by atoms with E-state index in [1.807, 2.05) is 0 Å². The van der Waals surface area contributed by atoms with Crippen molar-refractivity contribution in [1.82, 2.24) is 4.90 Å². The third kappa shape index (κ3) is 3.48. The smallest absolute Gasteiger partial charge is 0.176 e. The largest absolute Gasteiger partial charge is 0.472 e. The van der Waals surface area contributed by atoms with Crippen LogP contribution in [0.25, 0.3) is 0 Å². The van der Waals surface area contributed by atoms with Gasteiger partial charge in [0.15, 0.2) is 17.4 Å². The van der Waals surface area contributed by atoms with Crippen molar-refractivity contribution in [2.45, 2.75) is 6.54 Å². The van der Waals surface area contributed by atoms with Crippen LogP contribution in [0.15, 0.2) is 41.2 Å². The highest BCUT2D eigenvalue weighted by Gasteiger charge is 2.12. The minimum absolute atomic E-state index is 0.121. The molecule has 2 aromatic rings. The number of hydrogen-bond acceptors (Lipinski definition) is 3. The Morgan fingerprint density at radius 3 is 2.68 bits per heavy atom.